The minimum Gasteiger partial charge on any atom is -0.356 e. The smallest absolute Gasteiger partial charge is 0.220 e. The van der Waals surface area contributed by atoms with Crippen molar-refractivity contribution in [2.75, 3.05) is 6.54 Å². The lowest BCUT2D eigenvalue weighted by molar-refractivity contribution is -0.122. The average Bonchev–Trinajstić information content (AvgIpc) is 2.40. The predicted molar refractivity (Wildman–Crippen MR) is 81.4 cm³/mol. The summed E-state index contributed by atoms with van der Waals surface area (Å²) >= 11 is 0. The fourth-order valence-electron chi connectivity index (χ4n) is 3.45. The lowest BCUT2D eigenvalue weighted by Crippen LogP contribution is -2.38. The molecule has 3 N–H and O–H groups in total. The highest BCUT2D eigenvalue weighted by Crippen LogP contribution is 2.26. The van der Waals surface area contributed by atoms with Crippen LogP contribution in [0.1, 0.15) is 64.2 Å². The van der Waals surface area contributed by atoms with Gasteiger partial charge in [-0.15, -0.1) is 12.4 Å². The van der Waals surface area contributed by atoms with Crippen LogP contribution >= 0.6 is 12.4 Å². The number of hydrogen-bond donors (Lipinski definition) is 2. The molecule has 0 saturated heterocycles. The largest absolute Gasteiger partial charge is 0.356 e. The number of carbonyl (C=O) groups excluding carboxylic acids is 1. The van der Waals surface area contributed by atoms with E-state index in [1.807, 2.05) is 0 Å². The molecular weight excluding hydrogens is 260 g/mol. The second kappa shape index (κ2) is 8.80. The Balaban J connectivity index is 0.00000180. The molecule has 2 atom stereocenters. The number of rotatable bonds is 4. The number of hydrogen-bond acceptors (Lipinski definition) is 2. The van der Waals surface area contributed by atoms with Gasteiger partial charge in [0.2, 0.25) is 5.91 Å². The Bertz CT molecular complexity index is 267. The van der Waals surface area contributed by atoms with Gasteiger partial charge in [0, 0.05) is 19.0 Å². The van der Waals surface area contributed by atoms with Crippen LogP contribution in [0.2, 0.25) is 0 Å². The summed E-state index contributed by atoms with van der Waals surface area (Å²) in [6, 6.07) is 0.249. The van der Waals surface area contributed by atoms with E-state index in [0.29, 0.717) is 12.3 Å². The summed E-state index contributed by atoms with van der Waals surface area (Å²) in [5.41, 5.74) is 6.09. The van der Waals surface area contributed by atoms with Gasteiger partial charge in [-0.2, -0.15) is 0 Å². The minimum absolute atomic E-state index is 0. The molecule has 0 bridgehead atoms. The van der Waals surface area contributed by atoms with E-state index in [1.54, 1.807) is 0 Å². The maximum atomic E-state index is 11.9. The summed E-state index contributed by atoms with van der Waals surface area (Å²) in [7, 11) is 0. The lowest BCUT2D eigenvalue weighted by Gasteiger charge is -2.28. The number of carbonyl (C=O) groups is 1. The zero-order chi connectivity index (χ0) is 12.8. The van der Waals surface area contributed by atoms with Crippen LogP contribution in [0, 0.1) is 11.8 Å². The van der Waals surface area contributed by atoms with E-state index < -0.39 is 0 Å². The van der Waals surface area contributed by atoms with Crippen LogP contribution < -0.4 is 11.1 Å². The molecule has 0 aromatic rings. The molecule has 1 amide bonds. The third kappa shape index (κ3) is 5.70. The van der Waals surface area contributed by atoms with E-state index in [2.05, 4.69) is 5.32 Å². The number of nitrogens with two attached hydrogens (primary N) is 1. The maximum Gasteiger partial charge on any atom is 0.220 e. The van der Waals surface area contributed by atoms with Crippen molar-refractivity contribution in [3.05, 3.63) is 0 Å². The molecule has 2 aliphatic rings. The number of nitrogens with one attached hydrogen (secondary N) is 1. The molecule has 2 saturated carbocycles. The van der Waals surface area contributed by atoms with Crippen molar-refractivity contribution in [2.24, 2.45) is 17.6 Å². The van der Waals surface area contributed by atoms with Crippen molar-refractivity contribution in [1.29, 1.82) is 0 Å². The summed E-state index contributed by atoms with van der Waals surface area (Å²) < 4.78 is 0. The predicted octanol–water partition coefficient (Wildman–Crippen LogP) is 3.01. The van der Waals surface area contributed by atoms with Crippen LogP contribution in [0.25, 0.3) is 0 Å². The first-order valence-electron chi connectivity index (χ1n) is 7.78. The second-order valence-electron chi connectivity index (χ2n) is 6.22. The molecule has 2 aliphatic carbocycles. The fraction of sp³-hybridized carbons (Fsp3) is 0.933. The van der Waals surface area contributed by atoms with E-state index in [0.717, 1.165) is 25.3 Å². The van der Waals surface area contributed by atoms with Gasteiger partial charge in [0.1, 0.15) is 0 Å². The Kier molecular flexibility index (Phi) is 7.77. The van der Waals surface area contributed by atoms with E-state index in [4.69, 9.17) is 5.73 Å². The second-order valence-corrected chi connectivity index (χ2v) is 6.22. The first-order chi connectivity index (χ1) is 8.75. The Hall–Kier alpha value is -0.280. The highest BCUT2D eigenvalue weighted by molar-refractivity contribution is 5.85. The molecular formula is C15H29ClN2O. The number of halogens is 1. The maximum absolute atomic E-state index is 11.9. The van der Waals surface area contributed by atoms with Crippen molar-refractivity contribution < 1.29 is 4.79 Å². The van der Waals surface area contributed by atoms with E-state index >= 15 is 0 Å². The van der Waals surface area contributed by atoms with Gasteiger partial charge in [0.05, 0.1) is 0 Å². The Morgan fingerprint density at radius 2 is 1.63 bits per heavy atom. The van der Waals surface area contributed by atoms with Crippen molar-refractivity contribution >= 4 is 18.3 Å². The normalized spacial score (nSPS) is 28.5. The van der Waals surface area contributed by atoms with E-state index in [1.165, 1.54) is 44.9 Å². The lowest BCUT2D eigenvalue weighted by atomic mass is 9.83. The van der Waals surface area contributed by atoms with Gasteiger partial charge in [0.15, 0.2) is 0 Å². The van der Waals surface area contributed by atoms with Gasteiger partial charge in [-0.25, -0.2) is 0 Å². The molecule has 0 heterocycles. The summed E-state index contributed by atoms with van der Waals surface area (Å²) in [6.45, 7) is 0.890. The number of amides is 1. The van der Waals surface area contributed by atoms with Gasteiger partial charge in [-0.1, -0.05) is 32.1 Å². The summed E-state index contributed by atoms with van der Waals surface area (Å²) in [6.07, 6.45) is 12.0. The van der Waals surface area contributed by atoms with Crippen LogP contribution in [-0.4, -0.2) is 18.5 Å². The SMILES string of the molecule is Cl.NC1CCCCC1CC(=O)NCC1CCCCC1. The molecule has 0 radical (unpaired) electrons. The van der Waals surface area contributed by atoms with Gasteiger partial charge in [-0.3, -0.25) is 4.79 Å². The van der Waals surface area contributed by atoms with Crippen LogP contribution in [0.4, 0.5) is 0 Å². The zero-order valence-corrected chi connectivity index (χ0v) is 12.7. The molecule has 0 aromatic carbocycles. The molecule has 0 spiro atoms. The highest BCUT2D eigenvalue weighted by atomic mass is 35.5. The van der Waals surface area contributed by atoms with Crippen molar-refractivity contribution in [3.63, 3.8) is 0 Å². The van der Waals surface area contributed by atoms with Gasteiger partial charge in [-0.05, 0) is 37.5 Å². The zero-order valence-electron chi connectivity index (χ0n) is 11.9. The third-order valence-corrected chi connectivity index (χ3v) is 4.73. The molecule has 2 rings (SSSR count). The molecule has 2 fully saturated rings. The van der Waals surface area contributed by atoms with Crippen LogP contribution in [0.3, 0.4) is 0 Å². The fourth-order valence-corrected chi connectivity index (χ4v) is 3.45. The summed E-state index contributed by atoms with van der Waals surface area (Å²) in [5, 5.41) is 3.13. The molecule has 0 aromatic heterocycles. The van der Waals surface area contributed by atoms with Crippen molar-refractivity contribution in [2.45, 2.75) is 70.3 Å². The summed E-state index contributed by atoms with van der Waals surface area (Å²) in [4.78, 5) is 11.9. The first kappa shape index (κ1) is 16.8. The minimum atomic E-state index is 0. The van der Waals surface area contributed by atoms with E-state index in [9.17, 15) is 4.79 Å². The average molecular weight is 289 g/mol. The summed E-state index contributed by atoms with van der Waals surface area (Å²) in [5.74, 6) is 1.37. The molecule has 2 unspecified atom stereocenters. The Labute approximate surface area is 123 Å². The van der Waals surface area contributed by atoms with Gasteiger partial charge < -0.3 is 11.1 Å². The molecule has 4 heteroatoms. The standard InChI is InChI=1S/C15H28N2O.ClH/c16-14-9-5-4-8-13(14)10-15(18)17-11-12-6-2-1-3-7-12;/h12-14H,1-11,16H2,(H,17,18);1H. The topological polar surface area (TPSA) is 55.1 Å². The van der Waals surface area contributed by atoms with Crippen molar-refractivity contribution in [3.8, 4) is 0 Å². The van der Waals surface area contributed by atoms with Gasteiger partial charge >= 0.3 is 0 Å². The van der Waals surface area contributed by atoms with Crippen LogP contribution in [0.5, 0.6) is 0 Å². The molecule has 0 aliphatic heterocycles. The monoisotopic (exact) mass is 288 g/mol. The first-order valence-corrected chi connectivity index (χ1v) is 7.78. The quantitative estimate of drug-likeness (QED) is 0.835. The molecule has 19 heavy (non-hydrogen) atoms. The molecule has 112 valence electrons. The highest BCUT2D eigenvalue weighted by Gasteiger charge is 2.24. The Morgan fingerprint density at radius 3 is 2.32 bits per heavy atom. The Morgan fingerprint density at radius 1 is 1.00 bits per heavy atom. The molecule has 3 nitrogen and oxygen atoms in total. The van der Waals surface area contributed by atoms with Crippen LogP contribution in [0.15, 0.2) is 0 Å². The van der Waals surface area contributed by atoms with E-state index in [-0.39, 0.29) is 24.4 Å². The third-order valence-electron chi connectivity index (χ3n) is 4.73. The van der Waals surface area contributed by atoms with Crippen molar-refractivity contribution in [1.82, 2.24) is 5.32 Å². The van der Waals surface area contributed by atoms with Gasteiger partial charge in [0.25, 0.3) is 0 Å². The van der Waals surface area contributed by atoms with Crippen LogP contribution in [-0.2, 0) is 4.79 Å².